The maximum atomic E-state index is 11.2. The van der Waals surface area contributed by atoms with E-state index in [2.05, 4.69) is 4.99 Å². The van der Waals surface area contributed by atoms with Crippen LogP contribution in [0.25, 0.3) is 0 Å². The standard InChI is InChI=1S/C23H20N2O6/c1-15-6-8-19(20(10-15)25(28)29)24-13-16-7-9-21(22(12-16)30-2)31-14-17-4-3-5-18(11-17)23(26)27/h3-13H,14H2,1-2H3,(H,26,27). The third kappa shape index (κ3) is 5.45. The van der Waals surface area contributed by atoms with Crippen molar-refractivity contribution >= 4 is 23.6 Å². The number of hydrogen-bond acceptors (Lipinski definition) is 6. The Balaban J connectivity index is 1.77. The minimum atomic E-state index is -1.00. The molecule has 0 saturated carbocycles. The van der Waals surface area contributed by atoms with Gasteiger partial charge >= 0.3 is 5.97 Å². The van der Waals surface area contributed by atoms with Crippen molar-refractivity contribution in [3.05, 3.63) is 93.0 Å². The normalized spacial score (nSPS) is 10.8. The molecule has 3 rings (SSSR count). The van der Waals surface area contributed by atoms with E-state index in [0.29, 0.717) is 22.6 Å². The molecule has 0 aliphatic heterocycles. The number of methoxy groups -OCH3 is 1. The van der Waals surface area contributed by atoms with E-state index in [9.17, 15) is 14.9 Å². The fourth-order valence-corrected chi connectivity index (χ4v) is 2.87. The van der Waals surface area contributed by atoms with Gasteiger partial charge in [-0.2, -0.15) is 0 Å². The molecular formula is C23H20N2O6. The lowest BCUT2D eigenvalue weighted by molar-refractivity contribution is -0.384. The lowest BCUT2D eigenvalue weighted by Gasteiger charge is -2.11. The monoisotopic (exact) mass is 420 g/mol. The average Bonchev–Trinajstić information content (AvgIpc) is 2.77. The Kier molecular flexibility index (Phi) is 6.61. The van der Waals surface area contributed by atoms with Gasteiger partial charge < -0.3 is 14.6 Å². The van der Waals surface area contributed by atoms with Gasteiger partial charge in [-0.05, 0) is 60.0 Å². The maximum Gasteiger partial charge on any atom is 0.335 e. The van der Waals surface area contributed by atoms with E-state index < -0.39 is 10.9 Å². The SMILES string of the molecule is COc1cc(C=Nc2ccc(C)cc2[N+](=O)[O-])ccc1OCc1cccc(C(=O)O)c1. The van der Waals surface area contributed by atoms with Crippen LogP contribution in [0.4, 0.5) is 11.4 Å². The van der Waals surface area contributed by atoms with Gasteiger partial charge in [-0.3, -0.25) is 10.1 Å². The molecule has 0 amide bonds. The van der Waals surface area contributed by atoms with Crippen LogP contribution in [0, 0.1) is 17.0 Å². The van der Waals surface area contributed by atoms with Crippen molar-refractivity contribution in [1.82, 2.24) is 0 Å². The number of nitrogens with zero attached hydrogens (tertiary/aromatic N) is 2. The smallest absolute Gasteiger partial charge is 0.335 e. The highest BCUT2D eigenvalue weighted by Gasteiger charge is 2.13. The molecule has 0 aliphatic carbocycles. The van der Waals surface area contributed by atoms with Crippen LogP contribution < -0.4 is 9.47 Å². The summed E-state index contributed by atoms with van der Waals surface area (Å²) in [6.07, 6.45) is 1.51. The second kappa shape index (κ2) is 9.53. The Labute approximate surface area is 178 Å². The van der Waals surface area contributed by atoms with E-state index in [1.54, 1.807) is 55.5 Å². The highest BCUT2D eigenvalue weighted by Crippen LogP contribution is 2.30. The minimum Gasteiger partial charge on any atom is -0.493 e. The summed E-state index contributed by atoms with van der Waals surface area (Å²) in [6.45, 7) is 1.95. The summed E-state index contributed by atoms with van der Waals surface area (Å²) in [4.78, 5) is 26.1. The highest BCUT2D eigenvalue weighted by atomic mass is 16.6. The predicted molar refractivity (Wildman–Crippen MR) is 116 cm³/mol. The molecule has 0 saturated heterocycles. The van der Waals surface area contributed by atoms with Crippen LogP contribution in [-0.4, -0.2) is 29.3 Å². The van der Waals surface area contributed by atoms with Crippen LogP contribution in [0.15, 0.2) is 65.7 Å². The van der Waals surface area contributed by atoms with Gasteiger partial charge in [0, 0.05) is 12.3 Å². The number of aliphatic imine (C=N–C) groups is 1. The summed E-state index contributed by atoms with van der Waals surface area (Å²) < 4.78 is 11.2. The van der Waals surface area contributed by atoms with Gasteiger partial charge in [0.2, 0.25) is 0 Å². The fourth-order valence-electron chi connectivity index (χ4n) is 2.87. The largest absolute Gasteiger partial charge is 0.493 e. The molecule has 0 bridgehead atoms. The zero-order valence-electron chi connectivity index (χ0n) is 16.9. The van der Waals surface area contributed by atoms with Crippen molar-refractivity contribution in [2.45, 2.75) is 13.5 Å². The van der Waals surface area contributed by atoms with Crippen molar-refractivity contribution in [1.29, 1.82) is 0 Å². The summed E-state index contributed by atoms with van der Waals surface area (Å²) in [6, 6.07) is 16.5. The van der Waals surface area contributed by atoms with Crippen LogP contribution in [-0.2, 0) is 6.61 Å². The molecule has 0 heterocycles. The minimum absolute atomic E-state index is 0.0632. The number of nitro groups is 1. The van der Waals surface area contributed by atoms with Crippen LogP contribution >= 0.6 is 0 Å². The fraction of sp³-hybridized carbons (Fsp3) is 0.130. The van der Waals surface area contributed by atoms with E-state index in [1.165, 1.54) is 25.5 Å². The molecule has 8 nitrogen and oxygen atoms in total. The second-order valence-corrected chi connectivity index (χ2v) is 6.71. The van der Waals surface area contributed by atoms with Gasteiger partial charge in [-0.1, -0.05) is 18.2 Å². The number of ether oxygens (including phenoxy) is 2. The number of nitro benzene ring substituents is 1. The number of carbonyl (C=O) groups is 1. The molecule has 0 fully saturated rings. The third-order valence-electron chi connectivity index (χ3n) is 4.44. The summed E-state index contributed by atoms with van der Waals surface area (Å²) in [5.74, 6) is -0.0738. The third-order valence-corrected chi connectivity index (χ3v) is 4.44. The zero-order chi connectivity index (χ0) is 22.4. The van der Waals surface area contributed by atoms with Crippen LogP contribution in [0.2, 0.25) is 0 Å². The van der Waals surface area contributed by atoms with Gasteiger partial charge in [0.05, 0.1) is 17.6 Å². The summed E-state index contributed by atoms with van der Waals surface area (Å²) in [7, 11) is 1.50. The number of aromatic carboxylic acids is 1. The Bertz CT molecular complexity index is 1160. The Morgan fingerprint density at radius 2 is 1.94 bits per heavy atom. The van der Waals surface area contributed by atoms with Gasteiger partial charge in [0.1, 0.15) is 12.3 Å². The Morgan fingerprint density at radius 3 is 2.65 bits per heavy atom. The number of benzene rings is 3. The van der Waals surface area contributed by atoms with Crippen molar-refractivity contribution < 1.29 is 24.3 Å². The zero-order valence-corrected chi connectivity index (χ0v) is 16.9. The number of hydrogen-bond donors (Lipinski definition) is 1. The topological polar surface area (TPSA) is 111 Å². The first-order chi connectivity index (χ1) is 14.9. The summed E-state index contributed by atoms with van der Waals surface area (Å²) in [5.41, 5.74) is 2.54. The lowest BCUT2D eigenvalue weighted by Crippen LogP contribution is -2.01. The number of aryl methyl sites for hydroxylation is 1. The van der Waals surface area contributed by atoms with E-state index in [4.69, 9.17) is 14.6 Å². The Morgan fingerprint density at radius 1 is 1.13 bits per heavy atom. The summed E-state index contributed by atoms with van der Waals surface area (Å²) >= 11 is 0. The van der Waals surface area contributed by atoms with Crippen molar-refractivity contribution in [2.24, 2.45) is 4.99 Å². The molecule has 158 valence electrons. The molecule has 0 aliphatic rings. The molecule has 0 unspecified atom stereocenters. The van der Waals surface area contributed by atoms with Gasteiger partial charge in [0.15, 0.2) is 11.5 Å². The van der Waals surface area contributed by atoms with E-state index in [-0.39, 0.29) is 23.5 Å². The highest BCUT2D eigenvalue weighted by molar-refractivity contribution is 5.87. The molecule has 8 heteroatoms. The maximum absolute atomic E-state index is 11.2. The van der Waals surface area contributed by atoms with E-state index in [0.717, 1.165) is 5.56 Å². The summed E-state index contributed by atoms with van der Waals surface area (Å²) in [5, 5.41) is 20.3. The number of rotatable bonds is 8. The molecule has 0 atom stereocenters. The number of carboxylic acid groups (broad SMARTS) is 1. The second-order valence-electron chi connectivity index (χ2n) is 6.71. The first-order valence-electron chi connectivity index (χ1n) is 9.29. The molecular weight excluding hydrogens is 400 g/mol. The van der Waals surface area contributed by atoms with Gasteiger partial charge in [0.25, 0.3) is 5.69 Å². The molecule has 0 radical (unpaired) electrons. The van der Waals surface area contributed by atoms with Crippen molar-refractivity contribution in [3.63, 3.8) is 0 Å². The molecule has 3 aromatic rings. The quantitative estimate of drug-likeness (QED) is 0.314. The molecule has 1 N–H and O–H groups in total. The molecule has 31 heavy (non-hydrogen) atoms. The first kappa shape index (κ1) is 21.5. The van der Waals surface area contributed by atoms with Gasteiger partial charge in [-0.15, -0.1) is 0 Å². The van der Waals surface area contributed by atoms with Crippen molar-refractivity contribution in [2.75, 3.05) is 7.11 Å². The first-order valence-corrected chi connectivity index (χ1v) is 9.29. The van der Waals surface area contributed by atoms with E-state index >= 15 is 0 Å². The Hall–Kier alpha value is -4.20. The van der Waals surface area contributed by atoms with Crippen LogP contribution in [0.1, 0.15) is 27.0 Å². The molecule has 0 spiro atoms. The van der Waals surface area contributed by atoms with Gasteiger partial charge in [-0.25, -0.2) is 9.79 Å². The van der Waals surface area contributed by atoms with Crippen LogP contribution in [0.3, 0.4) is 0 Å². The molecule has 0 aromatic heterocycles. The van der Waals surface area contributed by atoms with E-state index in [1.807, 2.05) is 0 Å². The number of carboxylic acids is 1. The van der Waals surface area contributed by atoms with Crippen LogP contribution in [0.5, 0.6) is 11.5 Å². The average molecular weight is 420 g/mol. The molecule has 3 aromatic carbocycles. The van der Waals surface area contributed by atoms with Crippen molar-refractivity contribution in [3.8, 4) is 11.5 Å². The predicted octanol–water partition coefficient (Wildman–Crippen LogP) is 4.94. The lowest BCUT2D eigenvalue weighted by atomic mass is 10.1.